The van der Waals surface area contributed by atoms with E-state index in [1.54, 1.807) is 25.3 Å². The number of nitrogens with one attached hydrogen (secondary N) is 4. The van der Waals surface area contributed by atoms with Gasteiger partial charge in [0.15, 0.2) is 5.13 Å². The van der Waals surface area contributed by atoms with Gasteiger partial charge in [0.1, 0.15) is 40.9 Å². The van der Waals surface area contributed by atoms with Crippen LogP contribution in [-0.4, -0.2) is 124 Å². The number of rotatable bonds is 11. The molecule has 2 saturated heterocycles. The Bertz CT molecular complexity index is 2400. The number of fused-ring (bicyclic) bond motifs is 3. The number of carbonyl (C=O) groups excluding carboxylic acids is 3. The third kappa shape index (κ3) is 10.0. The molecule has 7 rings (SSSR count). The van der Waals surface area contributed by atoms with Gasteiger partial charge in [-0.1, -0.05) is 38.8 Å². The van der Waals surface area contributed by atoms with Gasteiger partial charge in [-0.3, -0.25) is 13.9 Å². The normalized spacial score (nSPS) is 25.6. The molecule has 340 valence electrons. The summed E-state index contributed by atoms with van der Waals surface area (Å²) in [5.41, 5.74) is 0.554. The van der Waals surface area contributed by atoms with Crippen LogP contribution in [0.25, 0.3) is 22.3 Å². The number of pyridine rings is 1. The molecule has 0 radical (unpaired) electrons. The quantitative estimate of drug-likeness (QED) is 0.166. The van der Waals surface area contributed by atoms with Gasteiger partial charge in [0.05, 0.1) is 24.9 Å². The molecule has 0 spiro atoms. The average molecular weight is 908 g/mol. The lowest BCUT2D eigenvalue weighted by Crippen LogP contribution is -2.57. The number of nitrogens with zero attached hydrogens (tertiary/aromatic N) is 5. The van der Waals surface area contributed by atoms with E-state index in [1.165, 1.54) is 38.1 Å². The van der Waals surface area contributed by atoms with E-state index in [2.05, 4.69) is 21.3 Å². The van der Waals surface area contributed by atoms with Crippen molar-refractivity contribution in [2.45, 2.75) is 102 Å². The summed E-state index contributed by atoms with van der Waals surface area (Å²) in [4.78, 5) is 66.7. The molecule has 63 heavy (non-hydrogen) atoms. The summed E-state index contributed by atoms with van der Waals surface area (Å²) in [6.07, 6.45) is 7.72. The van der Waals surface area contributed by atoms with E-state index >= 15 is 0 Å². The molecule has 18 nitrogen and oxygen atoms in total. The smallest absolute Gasteiger partial charge is 0.330 e. The first-order valence-corrected chi connectivity index (χ1v) is 23.7. The minimum absolute atomic E-state index is 0.0279. The lowest BCUT2D eigenvalue weighted by molar-refractivity contribution is -0.145. The average Bonchev–Trinajstić information content (AvgIpc) is 3.46. The van der Waals surface area contributed by atoms with Crippen molar-refractivity contribution in [1.29, 1.82) is 0 Å². The SMILES string of the molecule is COc1ccc2c(O[C@@H]3C[C@H]4C(=O)N[C@]5(C(=O)O)CC5C=CCCCCC[C@H](NC(=O)NC(=CN5CCN(C)S5(=O)=O)C(C)C)C(=O)N4C3)cc(-c3csc(NC(C)C)n3)nc2c1. The van der Waals surface area contributed by atoms with Gasteiger partial charge in [-0.15, -0.1) is 11.3 Å². The highest BCUT2D eigenvalue weighted by Gasteiger charge is 2.61. The summed E-state index contributed by atoms with van der Waals surface area (Å²) < 4.78 is 40.3. The van der Waals surface area contributed by atoms with Crippen LogP contribution in [-0.2, 0) is 24.6 Å². The minimum atomic E-state index is -3.73. The molecule has 3 aliphatic heterocycles. The Hall–Kier alpha value is -5.47. The number of carboxylic acid groups (broad SMARTS) is 1. The molecule has 3 aromatic rings. The summed E-state index contributed by atoms with van der Waals surface area (Å²) in [7, 11) is -0.685. The van der Waals surface area contributed by atoms with Gasteiger partial charge in [-0.05, 0) is 57.6 Å². The number of urea groups is 1. The number of thiazole rings is 1. The first kappa shape index (κ1) is 45.6. The Morgan fingerprint density at radius 3 is 2.57 bits per heavy atom. The van der Waals surface area contributed by atoms with E-state index < -0.39 is 63.7 Å². The zero-order valence-corrected chi connectivity index (χ0v) is 38.1. The molecule has 4 aliphatic rings. The fourth-order valence-electron chi connectivity index (χ4n) is 8.15. The Balaban J connectivity index is 1.20. The van der Waals surface area contributed by atoms with Crippen LogP contribution in [0, 0.1) is 11.8 Å². The van der Waals surface area contributed by atoms with Crippen molar-refractivity contribution in [3.63, 3.8) is 0 Å². The van der Waals surface area contributed by atoms with Gasteiger partial charge in [-0.25, -0.2) is 19.6 Å². The Morgan fingerprint density at radius 2 is 1.87 bits per heavy atom. The number of aromatic nitrogens is 2. The summed E-state index contributed by atoms with van der Waals surface area (Å²) in [6, 6.07) is 4.41. The number of ether oxygens (including phenoxy) is 2. The van der Waals surface area contributed by atoms with E-state index in [-0.39, 0.29) is 44.3 Å². The highest BCUT2D eigenvalue weighted by atomic mass is 32.2. The number of anilines is 1. The molecule has 2 aromatic heterocycles. The van der Waals surface area contributed by atoms with E-state index in [1.807, 2.05) is 51.3 Å². The van der Waals surface area contributed by atoms with Crippen molar-refractivity contribution in [3.8, 4) is 22.9 Å². The maximum atomic E-state index is 14.8. The summed E-state index contributed by atoms with van der Waals surface area (Å²) in [6.45, 7) is 8.13. The van der Waals surface area contributed by atoms with Crippen LogP contribution < -0.4 is 30.7 Å². The summed E-state index contributed by atoms with van der Waals surface area (Å²) >= 11 is 1.45. The van der Waals surface area contributed by atoms with Crippen LogP contribution in [0.4, 0.5) is 9.93 Å². The largest absolute Gasteiger partial charge is 0.497 e. The van der Waals surface area contributed by atoms with Crippen molar-refractivity contribution < 1.29 is 42.2 Å². The lowest BCUT2D eigenvalue weighted by Gasteiger charge is -2.29. The number of hydrogen-bond donors (Lipinski definition) is 5. The first-order chi connectivity index (χ1) is 30.0. The second-order valence-corrected chi connectivity index (χ2v) is 20.0. The number of allylic oxidation sites excluding steroid dienone is 2. The number of methoxy groups -OCH3 is 1. The Kier molecular flexibility index (Phi) is 13.5. The van der Waals surface area contributed by atoms with Gasteiger partial charge in [0, 0.05) is 73.3 Å². The van der Waals surface area contributed by atoms with Gasteiger partial charge in [-0.2, -0.15) is 12.7 Å². The molecule has 4 amide bonds. The third-order valence-electron chi connectivity index (χ3n) is 11.9. The number of carbonyl (C=O) groups is 4. The molecule has 1 aromatic carbocycles. The number of likely N-dealkylation sites (N-methyl/N-ethyl adjacent to an activating group) is 1. The van der Waals surface area contributed by atoms with Crippen LogP contribution in [0.5, 0.6) is 11.5 Å². The standard InChI is InChI=1S/C43H57N9O9S2/c1-25(2)34(23-51-17-16-50(5)63(51,58)59)47-41(57)46-31-13-11-9-7-8-10-12-27-21-43(27,40(55)56)49-38(53)36-19-29(22-52(36)39(31)54)61-37-20-33(35-24-62-42(48-35)44-26(3)4)45-32-18-28(60-6)14-15-30(32)37/h10,12,14-15,18,20,23-27,29,31,36H,7-9,11,13,16-17,19,21-22H2,1-6H3,(H,44,48)(H,49,53)(H,55,56)(H2,46,47,57)/t27?,29-,31+,36+,43-/m1/s1. The van der Waals surface area contributed by atoms with Crippen LogP contribution in [0.3, 0.4) is 0 Å². The fraction of sp³-hybridized carbons (Fsp3) is 0.535. The van der Waals surface area contributed by atoms with E-state index in [4.69, 9.17) is 19.4 Å². The number of aliphatic carboxylic acids is 1. The molecule has 5 N–H and O–H groups in total. The highest BCUT2D eigenvalue weighted by Crippen LogP contribution is 2.45. The van der Waals surface area contributed by atoms with Crippen LogP contribution in [0.2, 0.25) is 0 Å². The van der Waals surface area contributed by atoms with Crippen LogP contribution >= 0.6 is 11.3 Å². The van der Waals surface area contributed by atoms with Crippen molar-refractivity contribution in [3.05, 3.63) is 53.7 Å². The van der Waals surface area contributed by atoms with Gasteiger partial charge < -0.3 is 40.7 Å². The topological polar surface area (TPSA) is 225 Å². The monoisotopic (exact) mass is 907 g/mol. The molecule has 1 aliphatic carbocycles. The molecule has 1 unspecified atom stereocenters. The van der Waals surface area contributed by atoms with E-state index in [9.17, 15) is 32.7 Å². The zero-order valence-electron chi connectivity index (χ0n) is 36.4. The van der Waals surface area contributed by atoms with Gasteiger partial charge in [0.25, 0.3) is 0 Å². The maximum Gasteiger partial charge on any atom is 0.330 e. The molecule has 3 fully saturated rings. The number of benzene rings is 1. The third-order valence-corrected chi connectivity index (χ3v) is 14.5. The first-order valence-electron chi connectivity index (χ1n) is 21.4. The van der Waals surface area contributed by atoms with Crippen molar-refractivity contribution in [1.82, 2.24) is 39.4 Å². The minimum Gasteiger partial charge on any atom is -0.497 e. The molecular weight excluding hydrogens is 851 g/mol. The van der Waals surface area contributed by atoms with Crippen molar-refractivity contribution >= 4 is 61.4 Å². The van der Waals surface area contributed by atoms with Crippen molar-refractivity contribution in [2.24, 2.45) is 11.8 Å². The van der Waals surface area contributed by atoms with Crippen LogP contribution in [0.15, 0.2) is 53.7 Å². The second kappa shape index (κ2) is 18.7. The molecular formula is C43H57N9O9S2. The van der Waals surface area contributed by atoms with Gasteiger partial charge in [0.2, 0.25) is 11.8 Å². The molecule has 1 saturated carbocycles. The fourth-order valence-corrected chi connectivity index (χ4v) is 10.2. The lowest BCUT2D eigenvalue weighted by atomic mass is 10.0. The zero-order chi connectivity index (χ0) is 45.2. The summed E-state index contributed by atoms with van der Waals surface area (Å²) in [5.74, 6) is -1.99. The maximum absolute atomic E-state index is 14.8. The molecule has 5 atom stereocenters. The van der Waals surface area contributed by atoms with Gasteiger partial charge >= 0.3 is 22.2 Å². The Labute approximate surface area is 371 Å². The number of carboxylic acids is 1. The van der Waals surface area contributed by atoms with Crippen molar-refractivity contribution in [2.75, 3.05) is 39.1 Å². The number of amides is 4. The highest BCUT2D eigenvalue weighted by molar-refractivity contribution is 7.87. The van der Waals surface area contributed by atoms with Crippen LogP contribution in [0.1, 0.15) is 72.6 Å². The molecule has 0 bridgehead atoms. The Morgan fingerprint density at radius 1 is 1.08 bits per heavy atom. The second-order valence-electron chi connectivity index (χ2n) is 17.2. The molecule has 5 heterocycles. The number of hydrogen-bond acceptors (Lipinski definition) is 12. The van der Waals surface area contributed by atoms with E-state index in [0.29, 0.717) is 58.9 Å². The van der Waals surface area contributed by atoms with E-state index in [0.717, 1.165) is 18.0 Å². The predicted octanol–water partition coefficient (Wildman–Crippen LogP) is 4.67. The predicted molar refractivity (Wildman–Crippen MR) is 238 cm³/mol. The molecule has 20 heteroatoms. The summed E-state index contributed by atoms with van der Waals surface area (Å²) in [5, 5.41) is 25.4.